The number of nitrogens with one attached hydrogen (secondary N) is 3. The Hall–Kier alpha value is -8.07. The van der Waals surface area contributed by atoms with E-state index in [0.717, 1.165) is 53.3 Å². The molecule has 1 atom stereocenters. The number of carbonyl (C=O) groups excluding carboxylic acids is 8. The third-order valence-electron chi connectivity index (χ3n) is 20.1. The van der Waals surface area contributed by atoms with Crippen molar-refractivity contribution in [1.82, 2.24) is 44.8 Å². The van der Waals surface area contributed by atoms with Crippen LogP contribution in [0.15, 0.2) is 60.9 Å². The number of piperazine rings is 1. The zero-order valence-electron chi connectivity index (χ0n) is 50.3. The number of amides is 8. The average molecular weight is 1190 g/mol. The summed E-state index contributed by atoms with van der Waals surface area (Å²) in [4.78, 5) is 130. The Morgan fingerprint density at radius 3 is 2.07 bits per heavy atom. The maximum atomic E-state index is 16.0. The SMILES string of the molecule is Cc1cc(F)c(Nc2nc(-c3ccc4c(c3)N([C@H]3C[C@@H](N5CCCCC5)C3)C(=O)C43CCN(C(=O)C4CCC(C(=O)N5CCN(c6ccc7c(c6)C(=O)N(C6CCC(=O)NC6=O)C7=O)CC5)CC4)CC3)cc3ncn(C(C)C)c23)cc1C(=O)NC(C)C. The third-order valence-corrected chi connectivity index (χ3v) is 20.1. The number of fused-ring (bicyclic) bond motifs is 4. The van der Waals surface area contributed by atoms with Gasteiger partial charge in [-0.1, -0.05) is 18.6 Å². The molecule has 3 N–H and O–H groups in total. The average Bonchev–Trinajstić information content (AvgIpc) is 1.58. The standard InChI is InChI=1S/C66H77FN12O8/c1-37(2)69-59(81)47-34-52(50(67)29-39(47)5)71-58-57-53(68-36-77(57)38(3)4)35-51(70-58)42-13-16-49-55(30-42)78(45-31-44(32-45)73-21-7-6-8-22-73)65(87)66(49)19-23-75(24-20-66)61(83)40-9-11-41(12-10-40)62(84)76-27-25-74(26-28-76)43-14-15-46-48(33-43)64(86)79(63(46)85)54-17-18-56(80)72-60(54)82/h13-16,29-30,33-38,40-41,44-45,54H,6-12,17-28,31-32H2,1-5H3,(H,69,81)(H,70,71)(H,72,80,82)/t40?,41?,44-,45+,54?. The molecule has 4 saturated heterocycles. The molecule has 1 spiro atoms. The third kappa shape index (κ3) is 10.4. The number of aryl methyl sites for hydroxylation is 1. The number of hydrogen-bond acceptors (Lipinski definition) is 13. The van der Waals surface area contributed by atoms with E-state index in [4.69, 9.17) is 9.97 Å². The zero-order valence-corrected chi connectivity index (χ0v) is 50.3. The summed E-state index contributed by atoms with van der Waals surface area (Å²) >= 11 is 0. The van der Waals surface area contributed by atoms with Crippen LogP contribution in [0.25, 0.3) is 22.3 Å². The molecule has 21 heteroatoms. The van der Waals surface area contributed by atoms with Gasteiger partial charge < -0.3 is 39.7 Å². The lowest BCUT2D eigenvalue weighted by Gasteiger charge is -2.48. The molecular weight excluding hydrogens is 1110 g/mol. The molecule has 1 unspecified atom stereocenters. The number of pyridine rings is 1. The highest BCUT2D eigenvalue weighted by atomic mass is 19.1. The monoisotopic (exact) mass is 1180 g/mol. The lowest BCUT2D eigenvalue weighted by Crippen LogP contribution is -2.58. The number of halogens is 1. The minimum atomic E-state index is -1.04. The molecule has 6 fully saturated rings. The molecule has 87 heavy (non-hydrogen) atoms. The largest absolute Gasteiger partial charge is 0.368 e. The summed E-state index contributed by atoms with van der Waals surface area (Å²) in [5.41, 5.74) is 5.89. The second-order valence-corrected chi connectivity index (χ2v) is 26.1. The predicted octanol–water partition coefficient (Wildman–Crippen LogP) is 7.79. The van der Waals surface area contributed by atoms with Crippen molar-refractivity contribution in [3.05, 3.63) is 94.6 Å². The summed E-state index contributed by atoms with van der Waals surface area (Å²) in [5, 5.41) is 8.43. The molecule has 2 aliphatic carbocycles. The van der Waals surface area contributed by atoms with Gasteiger partial charge in [0.25, 0.3) is 17.7 Å². The van der Waals surface area contributed by atoms with E-state index in [0.29, 0.717) is 118 Å². The van der Waals surface area contributed by atoms with Crippen molar-refractivity contribution in [2.75, 3.05) is 67.5 Å². The van der Waals surface area contributed by atoms with Crippen LogP contribution in [0.2, 0.25) is 0 Å². The van der Waals surface area contributed by atoms with Gasteiger partial charge in [-0.2, -0.15) is 0 Å². The van der Waals surface area contributed by atoms with Gasteiger partial charge in [0.2, 0.25) is 29.5 Å². The molecule has 8 heterocycles. The van der Waals surface area contributed by atoms with Gasteiger partial charge in [-0.25, -0.2) is 14.4 Å². The van der Waals surface area contributed by atoms with Crippen molar-refractivity contribution >= 4 is 81.2 Å². The van der Waals surface area contributed by atoms with Gasteiger partial charge in [0.05, 0.1) is 39.8 Å². The highest BCUT2D eigenvalue weighted by Crippen LogP contribution is 2.53. The van der Waals surface area contributed by atoms with Gasteiger partial charge >= 0.3 is 0 Å². The molecule has 0 bridgehead atoms. The van der Waals surface area contributed by atoms with E-state index in [1.807, 2.05) is 54.2 Å². The van der Waals surface area contributed by atoms with Crippen molar-refractivity contribution in [3.63, 3.8) is 0 Å². The van der Waals surface area contributed by atoms with Crippen molar-refractivity contribution < 1.29 is 42.7 Å². The van der Waals surface area contributed by atoms with Crippen molar-refractivity contribution in [2.24, 2.45) is 11.8 Å². The number of piperidine rings is 3. The fraction of sp³-hybridized carbons (Fsp3) is 0.515. The van der Waals surface area contributed by atoms with Crippen LogP contribution in [0.1, 0.15) is 159 Å². The first kappa shape index (κ1) is 58.0. The lowest BCUT2D eigenvalue weighted by molar-refractivity contribution is -0.143. The molecule has 456 valence electrons. The number of imide groups is 2. The number of aromatic nitrogens is 3. The van der Waals surface area contributed by atoms with Crippen LogP contribution in [0.5, 0.6) is 0 Å². The van der Waals surface area contributed by atoms with E-state index >= 15 is 9.18 Å². The van der Waals surface area contributed by atoms with Crippen LogP contribution in [-0.2, 0) is 29.4 Å². The highest BCUT2D eigenvalue weighted by Gasteiger charge is 2.56. The van der Waals surface area contributed by atoms with Gasteiger partial charge in [-0.15, -0.1) is 0 Å². The van der Waals surface area contributed by atoms with Gasteiger partial charge in [0.1, 0.15) is 17.4 Å². The van der Waals surface area contributed by atoms with Crippen LogP contribution in [-0.4, -0.2) is 158 Å². The Labute approximate surface area is 505 Å². The summed E-state index contributed by atoms with van der Waals surface area (Å²) in [6.07, 6.45) is 10.7. The summed E-state index contributed by atoms with van der Waals surface area (Å²) in [6, 6.07) is 15.4. The topological polar surface area (TPSA) is 223 Å². The molecule has 20 nitrogen and oxygen atoms in total. The summed E-state index contributed by atoms with van der Waals surface area (Å²) in [5.74, 6) is -2.77. The fourth-order valence-electron chi connectivity index (χ4n) is 15.2. The van der Waals surface area contributed by atoms with E-state index in [1.165, 1.54) is 31.4 Å². The number of benzene rings is 3. The van der Waals surface area contributed by atoms with E-state index in [9.17, 15) is 33.6 Å². The van der Waals surface area contributed by atoms with E-state index in [2.05, 4.69) is 42.8 Å². The maximum absolute atomic E-state index is 16.0. The number of nitrogens with zero attached hydrogens (tertiary/aromatic N) is 9. The summed E-state index contributed by atoms with van der Waals surface area (Å²) in [7, 11) is 0. The van der Waals surface area contributed by atoms with Gasteiger partial charge in [0.15, 0.2) is 5.82 Å². The van der Waals surface area contributed by atoms with E-state index < -0.39 is 40.9 Å². The molecule has 13 rings (SSSR count). The van der Waals surface area contributed by atoms with Crippen LogP contribution in [0.3, 0.4) is 0 Å². The number of carbonyl (C=O) groups is 8. The predicted molar refractivity (Wildman–Crippen MR) is 325 cm³/mol. The molecule has 2 saturated carbocycles. The molecule has 3 aromatic carbocycles. The first-order valence-electron chi connectivity index (χ1n) is 31.5. The molecule has 0 radical (unpaired) electrons. The first-order chi connectivity index (χ1) is 41.8. The Balaban J connectivity index is 0.682. The Morgan fingerprint density at radius 2 is 1.40 bits per heavy atom. The highest BCUT2D eigenvalue weighted by molar-refractivity contribution is 6.24. The van der Waals surface area contributed by atoms with Gasteiger partial charge in [0, 0.05) is 104 Å². The maximum Gasteiger partial charge on any atom is 0.262 e. The fourth-order valence-corrected chi connectivity index (χ4v) is 15.2. The molecule has 5 aromatic rings. The van der Waals surface area contributed by atoms with Crippen molar-refractivity contribution in [3.8, 4) is 11.3 Å². The van der Waals surface area contributed by atoms with Gasteiger partial charge in [-0.05, 0) is 172 Å². The number of rotatable bonds is 12. The number of anilines is 4. The first-order valence-corrected chi connectivity index (χ1v) is 31.5. The molecular formula is C66H77FN12O8. The second kappa shape index (κ2) is 22.9. The van der Waals surface area contributed by atoms with Gasteiger partial charge in [-0.3, -0.25) is 48.6 Å². The van der Waals surface area contributed by atoms with E-state index in [-0.39, 0.29) is 83.2 Å². The van der Waals surface area contributed by atoms with Crippen LogP contribution in [0.4, 0.5) is 27.3 Å². The molecule has 8 aliphatic rings. The molecule has 6 aliphatic heterocycles. The Morgan fingerprint density at radius 1 is 0.724 bits per heavy atom. The Bertz CT molecular complexity index is 3660. The normalized spacial score (nSPS) is 24.1. The molecule has 8 amide bonds. The van der Waals surface area contributed by atoms with E-state index in [1.54, 1.807) is 31.5 Å². The summed E-state index contributed by atoms with van der Waals surface area (Å²) < 4.78 is 18.0. The minimum absolute atomic E-state index is 0.00203. The number of hydrogen-bond donors (Lipinski definition) is 3. The van der Waals surface area contributed by atoms with Crippen LogP contribution < -0.4 is 25.8 Å². The lowest BCUT2D eigenvalue weighted by atomic mass is 9.72. The minimum Gasteiger partial charge on any atom is -0.368 e. The quantitative estimate of drug-likeness (QED) is 0.102. The number of likely N-dealkylation sites (tertiary alicyclic amines) is 2. The van der Waals surface area contributed by atoms with Crippen molar-refractivity contribution in [2.45, 2.75) is 154 Å². The number of imidazole rings is 1. The smallest absolute Gasteiger partial charge is 0.262 e. The summed E-state index contributed by atoms with van der Waals surface area (Å²) in [6.45, 7) is 14.6. The van der Waals surface area contributed by atoms with Crippen LogP contribution in [0, 0.1) is 24.6 Å². The zero-order chi connectivity index (χ0) is 60.7. The molecule has 2 aromatic heterocycles. The van der Waals surface area contributed by atoms with Crippen molar-refractivity contribution in [1.29, 1.82) is 0 Å². The van der Waals surface area contributed by atoms with Crippen LogP contribution >= 0.6 is 0 Å². The second-order valence-electron chi connectivity index (χ2n) is 26.1. The Kier molecular flexibility index (Phi) is 15.3.